The number of benzene rings is 2. The Hall–Kier alpha value is -2.07. The van der Waals surface area contributed by atoms with Crippen LogP contribution < -0.4 is 5.73 Å². The van der Waals surface area contributed by atoms with Gasteiger partial charge in [0.25, 0.3) is 0 Å². The molecule has 0 radical (unpaired) electrons. The van der Waals surface area contributed by atoms with Crippen LogP contribution in [0.4, 0.5) is 5.88 Å². The number of aryl methyl sites for hydroxylation is 2. The van der Waals surface area contributed by atoms with Crippen molar-refractivity contribution in [2.45, 2.75) is 13.8 Å². The minimum Gasteiger partial charge on any atom is -0.367 e. The number of anilines is 1. The van der Waals surface area contributed by atoms with Crippen molar-refractivity contribution in [1.82, 2.24) is 5.16 Å². The van der Waals surface area contributed by atoms with E-state index in [9.17, 15) is 0 Å². The number of aromatic nitrogens is 1. The van der Waals surface area contributed by atoms with Crippen molar-refractivity contribution < 1.29 is 4.52 Å². The average Bonchev–Trinajstić information content (AvgIpc) is 2.84. The van der Waals surface area contributed by atoms with E-state index < -0.39 is 0 Å². The van der Waals surface area contributed by atoms with Gasteiger partial charge in [-0.3, -0.25) is 0 Å². The monoisotopic (exact) mass is 342 g/mol. The molecule has 21 heavy (non-hydrogen) atoms. The van der Waals surface area contributed by atoms with Crippen molar-refractivity contribution in [3.05, 3.63) is 58.1 Å². The summed E-state index contributed by atoms with van der Waals surface area (Å²) in [6.45, 7) is 4.10. The molecule has 0 saturated carbocycles. The van der Waals surface area contributed by atoms with Gasteiger partial charge in [-0.25, -0.2) is 0 Å². The van der Waals surface area contributed by atoms with Gasteiger partial charge in [0.15, 0.2) is 0 Å². The summed E-state index contributed by atoms with van der Waals surface area (Å²) in [5.74, 6) is 0.341. The van der Waals surface area contributed by atoms with Crippen LogP contribution in [0.25, 0.3) is 22.4 Å². The first-order valence-corrected chi connectivity index (χ1v) is 7.44. The van der Waals surface area contributed by atoms with Crippen LogP contribution >= 0.6 is 15.9 Å². The van der Waals surface area contributed by atoms with E-state index in [2.05, 4.69) is 40.1 Å². The number of halogens is 1. The molecule has 1 aromatic heterocycles. The molecule has 2 N–H and O–H groups in total. The number of hydrogen-bond donors (Lipinski definition) is 1. The Morgan fingerprint density at radius 2 is 1.76 bits per heavy atom. The highest BCUT2D eigenvalue weighted by atomic mass is 79.9. The van der Waals surface area contributed by atoms with Gasteiger partial charge in [-0.05, 0) is 37.1 Å². The number of hydrogen-bond acceptors (Lipinski definition) is 3. The Labute approximate surface area is 131 Å². The van der Waals surface area contributed by atoms with Gasteiger partial charge in [0.05, 0.1) is 5.56 Å². The molecule has 2 aromatic carbocycles. The van der Waals surface area contributed by atoms with Crippen LogP contribution in [0.5, 0.6) is 0 Å². The number of nitrogens with two attached hydrogens (primary N) is 1. The predicted octanol–water partition coefficient (Wildman–Crippen LogP) is 4.97. The van der Waals surface area contributed by atoms with Gasteiger partial charge in [-0.2, -0.15) is 0 Å². The molecule has 0 saturated heterocycles. The van der Waals surface area contributed by atoms with Crippen molar-refractivity contribution in [2.24, 2.45) is 0 Å². The molecule has 3 nitrogen and oxygen atoms in total. The van der Waals surface area contributed by atoms with Crippen LogP contribution in [-0.4, -0.2) is 5.16 Å². The Bertz CT molecular complexity index is 791. The summed E-state index contributed by atoms with van der Waals surface area (Å²) in [4.78, 5) is 0. The standard InChI is InChI=1S/C17H15BrN2O/c1-10-3-6-12(7-4-10)15-16(20-21-17(15)19)14-9-13(18)8-5-11(14)2/h3-9H,19H2,1-2H3. The molecule has 0 amide bonds. The molecule has 0 atom stereocenters. The fourth-order valence-electron chi connectivity index (χ4n) is 2.34. The second-order valence-electron chi connectivity index (χ2n) is 5.10. The Balaban J connectivity index is 2.21. The zero-order valence-corrected chi connectivity index (χ0v) is 13.4. The molecular weight excluding hydrogens is 328 g/mol. The summed E-state index contributed by atoms with van der Waals surface area (Å²) in [6, 6.07) is 14.3. The molecule has 3 rings (SSSR count). The van der Waals surface area contributed by atoms with Gasteiger partial charge in [0.2, 0.25) is 5.88 Å². The smallest absolute Gasteiger partial charge is 0.230 e. The summed E-state index contributed by atoms with van der Waals surface area (Å²) in [6.07, 6.45) is 0. The lowest BCUT2D eigenvalue weighted by Crippen LogP contribution is -1.90. The largest absolute Gasteiger partial charge is 0.367 e. The van der Waals surface area contributed by atoms with Crippen LogP contribution in [0.2, 0.25) is 0 Å². The SMILES string of the molecule is Cc1ccc(-c2c(-c3cc(Br)ccc3C)noc2N)cc1. The first kappa shape index (κ1) is 13.9. The lowest BCUT2D eigenvalue weighted by molar-refractivity contribution is 0.439. The molecule has 1 heterocycles. The Morgan fingerprint density at radius 3 is 2.48 bits per heavy atom. The maximum absolute atomic E-state index is 6.00. The van der Waals surface area contributed by atoms with Crippen molar-refractivity contribution >= 4 is 21.8 Å². The van der Waals surface area contributed by atoms with Crippen molar-refractivity contribution in [3.8, 4) is 22.4 Å². The summed E-state index contributed by atoms with van der Waals surface area (Å²) >= 11 is 3.50. The molecule has 0 bridgehead atoms. The van der Waals surface area contributed by atoms with Gasteiger partial charge < -0.3 is 10.3 Å². The van der Waals surface area contributed by atoms with Gasteiger partial charge in [0.1, 0.15) is 5.69 Å². The van der Waals surface area contributed by atoms with Gasteiger partial charge in [-0.15, -0.1) is 0 Å². The zero-order chi connectivity index (χ0) is 15.0. The third kappa shape index (κ3) is 2.59. The molecule has 4 heteroatoms. The normalized spacial score (nSPS) is 10.8. The van der Waals surface area contributed by atoms with Crippen LogP contribution in [0.15, 0.2) is 51.5 Å². The maximum Gasteiger partial charge on any atom is 0.230 e. The van der Waals surface area contributed by atoms with Crippen LogP contribution in [0, 0.1) is 13.8 Å². The lowest BCUT2D eigenvalue weighted by Gasteiger charge is -2.07. The van der Waals surface area contributed by atoms with Crippen molar-refractivity contribution in [3.63, 3.8) is 0 Å². The molecule has 0 spiro atoms. The average molecular weight is 343 g/mol. The fraction of sp³-hybridized carbons (Fsp3) is 0.118. The third-order valence-corrected chi connectivity index (χ3v) is 4.01. The molecule has 0 unspecified atom stereocenters. The predicted molar refractivity (Wildman–Crippen MR) is 89.0 cm³/mol. The highest BCUT2D eigenvalue weighted by Crippen LogP contribution is 2.38. The van der Waals surface area contributed by atoms with Crippen molar-refractivity contribution in [1.29, 1.82) is 0 Å². The molecule has 106 valence electrons. The number of nitrogens with zero attached hydrogens (tertiary/aromatic N) is 1. The number of rotatable bonds is 2. The third-order valence-electron chi connectivity index (χ3n) is 3.51. The van der Waals surface area contributed by atoms with E-state index >= 15 is 0 Å². The summed E-state index contributed by atoms with van der Waals surface area (Å²) in [5.41, 5.74) is 12.0. The molecule has 0 aliphatic rings. The molecule has 3 aromatic rings. The highest BCUT2D eigenvalue weighted by Gasteiger charge is 2.18. The minimum atomic E-state index is 0.341. The molecule has 0 aliphatic carbocycles. The second kappa shape index (κ2) is 5.37. The van der Waals surface area contributed by atoms with Crippen LogP contribution in [0.1, 0.15) is 11.1 Å². The van der Waals surface area contributed by atoms with Gasteiger partial charge in [0, 0.05) is 10.0 Å². The first-order valence-electron chi connectivity index (χ1n) is 6.65. The molecule has 0 fully saturated rings. The first-order chi connectivity index (χ1) is 10.1. The molecular formula is C17H15BrN2O. The Kier molecular flexibility index (Phi) is 3.55. The van der Waals surface area contributed by atoms with E-state index in [1.165, 1.54) is 5.56 Å². The maximum atomic E-state index is 6.00. The van der Waals surface area contributed by atoms with Crippen LogP contribution in [-0.2, 0) is 0 Å². The quantitative estimate of drug-likeness (QED) is 0.715. The van der Waals surface area contributed by atoms with Crippen molar-refractivity contribution in [2.75, 3.05) is 5.73 Å². The Morgan fingerprint density at radius 1 is 1.05 bits per heavy atom. The summed E-state index contributed by atoms with van der Waals surface area (Å²) < 4.78 is 6.24. The summed E-state index contributed by atoms with van der Waals surface area (Å²) in [7, 11) is 0. The van der Waals surface area contributed by atoms with Gasteiger partial charge >= 0.3 is 0 Å². The summed E-state index contributed by atoms with van der Waals surface area (Å²) in [5, 5.41) is 4.17. The zero-order valence-electron chi connectivity index (χ0n) is 11.9. The van der Waals surface area contributed by atoms with E-state index in [1.807, 2.05) is 37.3 Å². The van der Waals surface area contributed by atoms with Gasteiger partial charge in [-0.1, -0.05) is 57.0 Å². The van der Waals surface area contributed by atoms with E-state index in [0.717, 1.165) is 32.4 Å². The minimum absolute atomic E-state index is 0.341. The van der Waals surface area contributed by atoms with E-state index in [4.69, 9.17) is 10.3 Å². The molecule has 0 aliphatic heterocycles. The lowest BCUT2D eigenvalue weighted by atomic mass is 9.97. The van der Waals surface area contributed by atoms with Crippen LogP contribution in [0.3, 0.4) is 0 Å². The van der Waals surface area contributed by atoms with E-state index in [1.54, 1.807) is 0 Å². The number of nitrogen functional groups attached to an aromatic ring is 1. The fourth-order valence-corrected chi connectivity index (χ4v) is 2.70. The van der Waals surface area contributed by atoms with E-state index in [0.29, 0.717) is 5.88 Å². The second-order valence-corrected chi connectivity index (χ2v) is 6.01. The van der Waals surface area contributed by atoms with E-state index in [-0.39, 0.29) is 0 Å². The topological polar surface area (TPSA) is 52.0 Å². The highest BCUT2D eigenvalue weighted by molar-refractivity contribution is 9.10.